The van der Waals surface area contributed by atoms with Gasteiger partial charge in [-0.05, 0) is 100 Å². The molecule has 2 aliphatic rings. The lowest BCUT2D eigenvalue weighted by Crippen LogP contribution is -2.28. The van der Waals surface area contributed by atoms with Crippen LogP contribution >= 0.6 is 31.9 Å². The van der Waals surface area contributed by atoms with Crippen LogP contribution in [0.1, 0.15) is 75.4 Å². The average molecular weight is 1030 g/mol. The van der Waals surface area contributed by atoms with E-state index in [1.165, 1.54) is 7.11 Å². The van der Waals surface area contributed by atoms with Gasteiger partial charge in [0.2, 0.25) is 0 Å². The fourth-order valence-corrected chi connectivity index (χ4v) is 10.5. The molecule has 2 saturated heterocycles. The lowest BCUT2D eigenvalue weighted by Gasteiger charge is -2.33. The van der Waals surface area contributed by atoms with Gasteiger partial charge in [-0.2, -0.15) is 10.2 Å². The predicted octanol–water partition coefficient (Wildman–Crippen LogP) is 8.00. The molecule has 2 atom stereocenters. The van der Waals surface area contributed by atoms with E-state index in [1.807, 2.05) is 44.6 Å². The molecule has 10 heterocycles. The highest BCUT2D eigenvalue weighted by atomic mass is 79.9. The van der Waals surface area contributed by atoms with Crippen LogP contribution in [0.4, 0.5) is 0 Å². The molecule has 2 fully saturated rings. The lowest BCUT2D eigenvalue weighted by atomic mass is 9.86. The number of carbonyl (C=O) groups excluding carboxylic acids is 1. The SMILES string of the molecule is COC(=O)c1nn(C)c2c3ncc(Br)cc3n(C(c3cnccc3OC)C3CCOCC3)c12.COc1ccncc1C(C1CCOCC1)n1c2c(C)c(Br)cnc2c2c1c(C(=O)O)nn2C. The van der Waals surface area contributed by atoms with Crippen molar-refractivity contribution in [1.29, 1.82) is 0 Å². The Morgan fingerprint density at radius 3 is 1.77 bits per heavy atom. The number of methoxy groups -OCH3 is 3. The molecule has 0 aromatic carbocycles. The van der Waals surface area contributed by atoms with Crippen LogP contribution < -0.4 is 9.47 Å². The molecule has 10 rings (SSSR count). The number of nitrogens with zero attached hydrogens (tertiary/aromatic N) is 10. The van der Waals surface area contributed by atoms with Gasteiger partial charge in [0.1, 0.15) is 44.6 Å². The molecule has 0 spiro atoms. The number of carboxylic acid groups (broad SMARTS) is 1. The van der Waals surface area contributed by atoms with Crippen LogP contribution in [0.5, 0.6) is 11.5 Å². The number of esters is 1. The summed E-state index contributed by atoms with van der Waals surface area (Å²) in [7, 11) is 8.23. The van der Waals surface area contributed by atoms with Gasteiger partial charge in [0.25, 0.3) is 0 Å². The fraction of sp³-hybridized carbons (Fsp3) is 0.391. The number of aryl methyl sites for hydroxylation is 3. The molecule has 344 valence electrons. The maximum Gasteiger partial charge on any atom is 0.360 e. The Balaban J connectivity index is 0.000000166. The summed E-state index contributed by atoms with van der Waals surface area (Å²) < 4.78 is 37.2. The highest BCUT2D eigenvalue weighted by Crippen LogP contribution is 2.46. The van der Waals surface area contributed by atoms with E-state index in [-0.39, 0.29) is 35.3 Å². The van der Waals surface area contributed by atoms with E-state index >= 15 is 0 Å². The Morgan fingerprint density at radius 1 is 0.712 bits per heavy atom. The van der Waals surface area contributed by atoms with Crippen molar-refractivity contribution < 1.29 is 38.4 Å². The van der Waals surface area contributed by atoms with E-state index in [1.54, 1.807) is 55.4 Å². The summed E-state index contributed by atoms with van der Waals surface area (Å²) in [6, 6.07) is 5.31. The molecule has 2 unspecified atom stereocenters. The van der Waals surface area contributed by atoms with E-state index in [0.29, 0.717) is 54.2 Å². The molecule has 2 aliphatic heterocycles. The first-order chi connectivity index (χ1) is 32.0. The van der Waals surface area contributed by atoms with Crippen LogP contribution in [0.15, 0.2) is 64.3 Å². The van der Waals surface area contributed by atoms with Crippen LogP contribution in [0.3, 0.4) is 0 Å². The van der Waals surface area contributed by atoms with Crippen LogP contribution in [0.25, 0.3) is 44.1 Å². The predicted molar refractivity (Wildman–Crippen MR) is 251 cm³/mol. The van der Waals surface area contributed by atoms with Gasteiger partial charge >= 0.3 is 11.9 Å². The smallest absolute Gasteiger partial charge is 0.360 e. The van der Waals surface area contributed by atoms with Gasteiger partial charge in [-0.3, -0.25) is 29.3 Å². The zero-order valence-electron chi connectivity index (χ0n) is 37.2. The highest BCUT2D eigenvalue weighted by Gasteiger charge is 2.38. The third-order valence-corrected chi connectivity index (χ3v) is 14.0. The van der Waals surface area contributed by atoms with E-state index in [2.05, 4.69) is 61.2 Å². The number of ether oxygens (including phenoxy) is 5. The molecular weight excluding hydrogens is 980 g/mol. The van der Waals surface area contributed by atoms with Crippen molar-refractivity contribution in [2.45, 2.75) is 44.7 Å². The molecular formula is C46H48Br2N10O8. The molecule has 0 radical (unpaired) electrons. The van der Waals surface area contributed by atoms with Crippen molar-refractivity contribution in [3.05, 3.63) is 92.4 Å². The minimum atomic E-state index is -1.08. The number of aromatic nitrogens is 10. The summed E-state index contributed by atoms with van der Waals surface area (Å²) in [5.41, 5.74) is 9.01. The Morgan fingerprint density at radius 2 is 1.23 bits per heavy atom. The topological polar surface area (TPSA) is 198 Å². The number of carboxylic acids is 1. The van der Waals surface area contributed by atoms with Crippen molar-refractivity contribution in [3.63, 3.8) is 0 Å². The summed E-state index contributed by atoms with van der Waals surface area (Å²) in [5, 5.41) is 18.9. The molecule has 8 aromatic heterocycles. The van der Waals surface area contributed by atoms with Gasteiger partial charge in [-0.15, -0.1) is 0 Å². The van der Waals surface area contributed by atoms with Crippen molar-refractivity contribution in [3.8, 4) is 11.5 Å². The first kappa shape index (κ1) is 45.2. The number of hydrogen-bond donors (Lipinski definition) is 1. The van der Waals surface area contributed by atoms with Gasteiger partial charge < -0.3 is 37.9 Å². The standard InChI is InChI=1S/2C23H24BrN5O4/c1-28-21-18-16(10-14(24)11-26-18)29(22(21)19(27-28)23(30)32-3)20(13-5-8-33-9-6-13)15-12-25-7-4-17(15)31-2;1-12-15(24)11-26-17-19(12)29(22-18(23(30)31)27-28(2)21(17)22)20(13-5-8-33-9-6-13)14-10-25-7-4-16(14)32-3/h4,7,10-13,20H,5-6,8-9H2,1-3H3;4,7,10-11,13,20H,5-6,8-9H2,1-3H3,(H,30,31). The number of halogens is 2. The molecule has 20 heteroatoms. The second-order valence-electron chi connectivity index (χ2n) is 16.3. The molecule has 0 saturated carbocycles. The molecule has 8 aromatic rings. The fourth-order valence-electron chi connectivity index (χ4n) is 9.90. The van der Waals surface area contributed by atoms with Crippen molar-refractivity contribution in [2.75, 3.05) is 47.8 Å². The molecule has 0 aliphatic carbocycles. The van der Waals surface area contributed by atoms with Crippen LogP contribution in [0, 0.1) is 18.8 Å². The Labute approximate surface area is 395 Å². The summed E-state index contributed by atoms with van der Waals surface area (Å²) in [6.07, 6.45) is 14.0. The van der Waals surface area contributed by atoms with Crippen molar-refractivity contribution in [1.82, 2.24) is 48.6 Å². The van der Waals surface area contributed by atoms with E-state index in [4.69, 9.17) is 33.7 Å². The average Bonchev–Trinajstić information content (AvgIpc) is 4.07. The summed E-state index contributed by atoms with van der Waals surface area (Å²) in [5.74, 6) is 0.273. The molecule has 0 amide bonds. The molecule has 1 N–H and O–H groups in total. The van der Waals surface area contributed by atoms with Crippen LogP contribution in [-0.2, 0) is 28.3 Å². The van der Waals surface area contributed by atoms with Crippen molar-refractivity contribution >= 4 is 87.9 Å². The van der Waals surface area contributed by atoms with E-state index in [9.17, 15) is 14.7 Å². The molecule has 66 heavy (non-hydrogen) atoms. The number of hydrogen-bond acceptors (Lipinski definition) is 13. The number of aromatic carboxylic acids is 1. The Bertz CT molecular complexity index is 3130. The maximum absolute atomic E-state index is 12.8. The normalized spacial score (nSPS) is 15.8. The first-order valence-corrected chi connectivity index (χ1v) is 23.0. The highest BCUT2D eigenvalue weighted by molar-refractivity contribution is 9.10. The van der Waals surface area contributed by atoms with Gasteiger partial charge in [0.15, 0.2) is 11.4 Å². The second-order valence-corrected chi connectivity index (χ2v) is 18.1. The number of fused-ring (bicyclic) bond motifs is 6. The van der Waals surface area contributed by atoms with Gasteiger partial charge in [0.05, 0.1) is 44.4 Å². The zero-order chi connectivity index (χ0) is 46.4. The van der Waals surface area contributed by atoms with Gasteiger partial charge in [-0.1, -0.05) is 0 Å². The first-order valence-electron chi connectivity index (χ1n) is 21.5. The monoisotopic (exact) mass is 1030 g/mol. The number of rotatable bonds is 10. The largest absolute Gasteiger partial charge is 0.496 e. The number of carbonyl (C=O) groups is 2. The Hall–Kier alpha value is -5.96. The third kappa shape index (κ3) is 7.76. The quantitative estimate of drug-likeness (QED) is 0.129. The van der Waals surface area contributed by atoms with E-state index < -0.39 is 11.9 Å². The lowest BCUT2D eigenvalue weighted by molar-refractivity contribution is 0.0545. The van der Waals surface area contributed by atoms with Gasteiger partial charge in [0, 0.05) is 97.8 Å². The maximum atomic E-state index is 12.8. The minimum Gasteiger partial charge on any atom is -0.496 e. The molecule has 0 bridgehead atoms. The van der Waals surface area contributed by atoms with Gasteiger partial charge in [-0.25, -0.2) is 9.59 Å². The second kappa shape index (κ2) is 18.7. The van der Waals surface area contributed by atoms with Crippen LogP contribution in [0.2, 0.25) is 0 Å². The Kier molecular flexibility index (Phi) is 12.8. The third-order valence-electron chi connectivity index (χ3n) is 12.8. The summed E-state index contributed by atoms with van der Waals surface area (Å²) >= 11 is 7.19. The minimum absolute atomic E-state index is 0.000869. The van der Waals surface area contributed by atoms with Crippen LogP contribution in [-0.4, -0.2) is 113 Å². The molecule has 18 nitrogen and oxygen atoms in total. The summed E-state index contributed by atoms with van der Waals surface area (Å²) in [6.45, 7) is 4.65. The number of pyridine rings is 4. The van der Waals surface area contributed by atoms with Crippen molar-refractivity contribution in [2.24, 2.45) is 25.9 Å². The van der Waals surface area contributed by atoms with E-state index in [0.717, 1.165) is 79.1 Å². The zero-order valence-corrected chi connectivity index (χ0v) is 40.4. The summed E-state index contributed by atoms with van der Waals surface area (Å²) in [4.78, 5) is 43.3.